The van der Waals surface area contributed by atoms with Gasteiger partial charge < -0.3 is 9.52 Å². The summed E-state index contributed by atoms with van der Waals surface area (Å²) < 4.78 is 5.65. The zero-order valence-electron chi connectivity index (χ0n) is 9.76. The first-order chi connectivity index (χ1) is 9.15. The molecular formula is C15H9ClO3. The van der Waals surface area contributed by atoms with Gasteiger partial charge in [0.1, 0.15) is 22.5 Å². The Morgan fingerprint density at radius 1 is 1.05 bits per heavy atom. The van der Waals surface area contributed by atoms with E-state index in [1.54, 1.807) is 36.4 Å². The maximum atomic E-state index is 12.0. The first kappa shape index (κ1) is 11.8. The first-order valence-corrected chi connectivity index (χ1v) is 6.05. The summed E-state index contributed by atoms with van der Waals surface area (Å²) in [7, 11) is 0. The highest BCUT2D eigenvalue weighted by atomic mass is 35.5. The first-order valence-electron chi connectivity index (χ1n) is 5.67. The van der Waals surface area contributed by atoms with Gasteiger partial charge >= 0.3 is 0 Å². The minimum absolute atomic E-state index is 0.0751. The molecule has 19 heavy (non-hydrogen) atoms. The second-order valence-electron chi connectivity index (χ2n) is 4.13. The van der Waals surface area contributed by atoms with Crippen LogP contribution in [0.2, 0.25) is 5.02 Å². The Hall–Kier alpha value is -2.26. The maximum absolute atomic E-state index is 12.0. The molecule has 1 N–H and O–H groups in total. The van der Waals surface area contributed by atoms with Crippen LogP contribution in [0.15, 0.2) is 57.7 Å². The molecule has 0 atom stereocenters. The van der Waals surface area contributed by atoms with E-state index in [0.717, 1.165) is 5.56 Å². The summed E-state index contributed by atoms with van der Waals surface area (Å²) in [6.07, 6.45) is 0. The van der Waals surface area contributed by atoms with Gasteiger partial charge in [-0.1, -0.05) is 17.7 Å². The zero-order chi connectivity index (χ0) is 13.4. The number of phenolic OH excluding ortho intramolecular Hbond substituents is 1. The fourth-order valence-electron chi connectivity index (χ4n) is 1.95. The van der Waals surface area contributed by atoms with Gasteiger partial charge in [-0.3, -0.25) is 4.79 Å². The molecule has 3 aromatic rings. The van der Waals surface area contributed by atoms with Crippen molar-refractivity contribution in [2.45, 2.75) is 0 Å². The molecule has 3 nitrogen and oxygen atoms in total. The van der Waals surface area contributed by atoms with Crippen molar-refractivity contribution in [3.63, 3.8) is 0 Å². The van der Waals surface area contributed by atoms with Gasteiger partial charge in [0.25, 0.3) is 0 Å². The van der Waals surface area contributed by atoms with E-state index < -0.39 is 0 Å². The highest BCUT2D eigenvalue weighted by Crippen LogP contribution is 2.26. The van der Waals surface area contributed by atoms with Crippen molar-refractivity contribution in [3.8, 4) is 17.1 Å². The molecule has 1 aromatic heterocycles. The number of fused-ring (bicyclic) bond motifs is 1. The molecule has 0 saturated heterocycles. The number of rotatable bonds is 1. The molecule has 4 heteroatoms. The minimum Gasteiger partial charge on any atom is -0.507 e. The lowest BCUT2D eigenvalue weighted by molar-refractivity contribution is 0.479. The molecule has 0 bridgehead atoms. The lowest BCUT2D eigenvalue weighted by Crippen LogP contribution is -2.00. The average Bonchev–Trinajstić information content (AvgIpc) is 2.39. The predicted octanol–water partition coefficient (Wildman–Crippen LogP) is 3.82. The Bertz CT molecular complexity index is 804. The van der Waals surface area contributed by atoms with Crippen LogP contribution in [0.4, 0.5) is 0 Å². The molecular weight excluding hydrogens is 264 g/mol. The minimum atomic E-state index is -0.274. The molecule has 0 aliphatic heterocycles. The molecule has 0 saturated carbocycles. The van der Waals surface area contributed by atoms with Crippen molar-refractivity contribution in [2.75, 3.05) is 0 Å². The molecule has 3 rings (SSSR count). The van der Waals surface area contributed by atoms with Crippen LogP contribution in [0.1, 0.15) is 0 Å². The smallest absolute Gasteiger partial charge is 0.197 e. The van der Waals surface area contributed by atoms with Crippen LogP contribution in [0.5, 0.6) is 5.75 Å². The normalized spacial score (nSPS) is 10.8. The summed E-state index contributed by atoms with van der Waals surface area (Å²) in [4.78, 5) is 12.0. The van der Waals surface area contributed by atoms with E-state index in [4.69, 9.17) is 16.0 Å². The summed E-state index contributed by atoms with van der Waals surface area (Å²) in [6.45, 7) is 0. The van der Waals surface area contributed by atoms with Gasteiger partial charge in [-0.2, -0.15) is 0 Å². The maximum Gasteiger partial charge on any atom is 0.197 e. The molecule has 0 radical (unpaired) electrons. The van der Waals surface area contributed by atoms with Gasteiger partial charge in [0.15, 0.2) is 5.43 Å². The van der Waals surface area contributed by atoms with Crippen molar-refractivity contribution in [1.82, 2.24) is 0 Å². The van der Waals surface area contributed by atoms with Crippen molar-refractivity contribution in [3.05, 3.63) is 63.8 Å². The third-order valence-corrected chi connectivity index (χ3v) is 3.11. The van der Waals surface area contributed by atoms with Crippen molar-refractivity contribution in [1.29, 1.82) is 0 Å². The van der Waals surface area contributed by atoms with Crippen LogP contribution < -0.4 is 5.43 Å². The van der Waals surface area contributed by atoms with E-state index >= 15 is 0 Å². The molecule has 0 amide bonds. The number of phenols is 1. The fraction of sp³-hybridized carbons (Fsp3) is 0. The van der Waals surface area contributed by atoms with E-state index in [2.05, 4.69) is 0 Å². The monoisotopic (exact) mass is 272 g/mol. The lowest BCUT2D eigenvalue weighted by atomic mass is 10.1. The average molecular weight is 273 g/mol. The van der Waals surface area contributed by atoms with Crippen LogP contribution in [-0.4, -0.2) is 5.11 Å². The Labute approximate surface area is 113 Å². The van der Waals surface area contributed by atoms with Crippen LogP contribution in [0.3, 0.4) is 0 Å². The molecule has 94 valence electrons. The van der Waals surface area contributed by atoms with Gasteiger partial charge in [0.05, 0.1) is 0 Å². The van der Waals surface area contributed by atoms with E-state index in [1.807, 2.05) is 0 Å². The zero-order valence-corrected chi connectivity index (χ0v) is 10.5. The Morgan fingerprint density at radius 3 is 2.53 bits per heavy atom. The van der Waals surface area contributed by atoms with Crippen LogP contribution in [0.25, 0.3) is 22.3 Å². The van der Waals surface area contributed by atoms with Crippen LogP contribution in [0, 0.1) is 0 Å². The quantitative estimate of drug-likeness (QED) is 0.733. The van der Waals surface area contributed by atoms with Gasteiger partial charge in [-0.05, 0) is 36.4 Å². The van der Waals surface area contributed by atoms with E-state index in [1.165, 1.54) is 12.1 Å². The third kappa shape index (κ3) is 2.09. The summed E-state index contributed by atoms with van der Waals surface area (Å²) in [6, 6.07) is 13.1. The summed E-state index contributed by atoms with van der Waals surface area (Å²) in [5, 5.41) is 10.5. The number of benzene rings is 2. The number of aromatic hydroxyl groups is 1. The Morgan fingerprint density at radius 2 is 1.79 bits per heavy atom. The van der Waals surface area contributed by atoms with Crippen molar-refractivity contribution < 1.29 is 9.52 Å². The van der Waals surface area contributed by atoms with Gasteiger partial charge in [0, 0.05) is 16.7 Å². The van der Waals surface area contributed by atoms with Crippen LogP contribution >= 0.6 is 11.6 Å². The molecule has 0 aliphatic rings. The Kier molecular flexibility index (Phi) is 2.76. The third-order valence-electron chi connectivity index (χ3n) is 2.86. The van der Waals surface area contributed by atoms with Gasteiger partial charge in [0.2, 0.25) is 0 Å². The molecule has 0 aliphatic carbocycles. The summed E-state index contributed by atoms with van der Waals surface area (Å²) in [5.41, 5.74) is 0.841. The number of hydrogen-bond donors (Lipinski definition) is 1. The summed E-state index contributed by atoms with van der Waals surface area (Å²) in [5.74, 6) is 0.369. The number of halogens is 1. The second-order valence-corrected chi connectivity index (χ2v) is 4.57. The highest BCUT2D eigenvalue weighted by molar-refractivity contribution is 6.30. The SMILES string of the molecule is O=c1cc(-c2ccc(Cl)cc2)oc2cccc(O)c12. The lowest BCUT2D eigenvalue weighted by Gasteiger charge is -2.04. The second kappa shape index (κ2) is 4.44. The highest BCUT2D eigenvalue weighted by Gasteiger charge is 2.09. The van der Waals surface area contributed by atoms with Gasteiger partial charge in [-0.15, -0.1) is 0 Å². The van der Waals surface area contributed by atoms with Crippen molar-refractivity contribution in [2.24, 2.45) is 0 Å². The topological polar surface area (TPSA) is 50.4 Å². The Balaban J connectivity index is 2.27. The van der Waals surface area contributed by atoms with Crippen LogP contribution in [-0.2, 0) is 0 Å². The molecule has 2 aromatic carbocycles. The molecule has 0 fully saturated rings. The number of hydrogen-bond acceptors (Lipinski definition) is 3. The van der Waals surface area contributed by atoms with Gasteiger partial charge in [-0.25, -0.2) is 0 Å². The molecule has 1 heterocycles. The van der Waals surface area contributed by atoms with E-state index in [9.17, 15) is 9.90 Å². The largest absolute Gasteiger partial charge is 0.507 e. The standard InChI is InChI=1S/C15H9ClO3/c16-10-6-4-9(5-7-10)14-8-12(18)15-11(17)2-1-3-13(15)19-14/h1-8,17H. The fourth-order valence-corrected chi connectivity index (χ4v) is 2.07. The molecule has 0 spiro atoms. The predicted molar refractivity (Wildman–Crippen MR) is 74.6 cm³/mol. The molecule has 0 unspecified atom stereocenters. The van der Waals surface area contributed by atoms with E-state index in [-0.39, 0.29) is 16.6 Å². The van der Waals surface area contributed by atoms with E-state index in [0.29, 0.717) is 16.4 Å². The van der Waals surface area contributed by atoms with Crippen molar-refractivity contribution >= 4 is 22.6 Å². The summed E-state index contributed by atoms with van der Waals surface area (Å²) >= 11 is 5.82.